The molecule has 5 N–H and O–H groups in total. The van der Waals surface area contributed by atoms with Crippen molar-refractivity contribution in [2.45, 2.75) is 31.3 Å². The van der Waals surface area contributed by atoms with Crippen molar-refractivity contribution in [2.75, 3.05) is 11.5 Å². The SMILES string of the molecule is CCc1c[n+](CC2=C(C(=O)O)N3C(=O)C(NC(=O)C(=NO)c4nsc(N)n4)[C@@H]3SC2)ccn1. The number of nitrogens with zero attached hydrogens (tertiary/aromatic N) is 6. The Morgan fingerprint density at radius 3 is 2.88 bits per heavy atom. The molecule has 2 aromatic rings. The van der Waals surface area contributed by atoms with Crippen LogP contribution < -0.4 is 15.6 Å². The van der Waals surface area contributed by atoms with Crippen LogP contribution in [0.5, 0.6) is 0 Å². The number of amides is 2. The lowest BCUT2D eigenvalue weighted by molar-refractivity contribution is -0.689. The van der Waals surface area contributed by atoms with Crippen molar-refractivity contribution in [3.8, 4) is 0 Å². The zero-order chi connectivity index (χ0) is 23.7. The number of rotatable bonds is 7. The van der Waals surface area contributed by atoms with Crippen LogP contribution in [0.15, 0.2) is 35.0 Å². The number of oxime groups is 1. The zero-order valence-corrected chi connectivity index (χ0v) is 18.8. The van der Waals surface area contributed by atoms with Crippen LogP contribution in [0, 0.1) is 0 Å². The van der Waals surface area contributed by atoms with Crippen molar-refractivity contribution in [2.24, 2.45) is 5.16 Å². The molecule has 0 spiro atoms. The number of nitrogens with one attached hydrogen (secondary N) is 1. The van der Waals surface area contributed by atoms with Gasteiger partial charge in [-0.05, 0) is 6.42 Å². The molecule has 4 rings (SSSR count). The predicted molar refractivity (Wildman–Crippen MR) is 116 cm³/mol. The highest BCUT2D eigenvalue weighted by Gasteiger charge is 2.54. The van der Waals surface area contributed by atoms with Gasteiger partial charge in [0.1, 0.15) is 22.8 Å². The minimum Gasteiger partial charge on any atom is -0.477 e. The molecule has 33 heavy (non-hydrogen) atoms. The fourth-order valence-electron chi connectivity index (χ4n) is 3.52. The first-order chi connectivity index (χ1) is 15.8. The van der Waals surface area contributed by atoms with E-state index >= 15 is 0 Å². The Morgan fingerprint density at radius 2 is 2.24 bits per heavy atom. The molecule has 2 aliphatic heterocycles. The third-order valence-electron chi connectivity index (χ3n) is 5.05. The third-order valence-corrected chi connectivity index (χ3v) is 6.94. The van der Waals surface area contributed by atoms with Gasteiger partial charge in [-0.25, -0.2) is 9.78 Å². The van der Waals surface area contributed by atoms with E-state index in [1.54, 1.807) is 12.4 Å². The number of aryl methyl sites for hydroxylation is 1. The van der Waals surface area contributed by atoms with E-state index in [0.29, 0.717) is 11.3 Å². The van der Waals surface area contributed by atoms with Crippen molar-refractivity contribution in [3.63, 3.8) is 0 Å². The first-order valence-corrected chi connectivity index (χ1v) is 11.5. The highest BCUT2D eigenvalue weighted by molar-refractivity contribution is 8.00. The van der Waals surface area contributed by atoms with Gasteiger partial charge in [0.25, 0.3) is 11.8 Å². The molecule has 2 atom stereocenters. The smallest absolute Gasteiger partial charge is 0.352 e. The molecule has 4 heterocycles. The molecule has 0 radical (unpaired) electrons. The van der Waals surface area contributed by atoms with Crippen molar-refractivity contribution in [1.82, 2.24) is 24.6 Å². The average molecular weight is 492 g/mol. The number of nitrogens with two attached hydrogens (primary N) is 1. The molecule has 13 nitrogen and oxygen atoms in total. The number of anilines is 1. The maximum Gasteiger partial charge on any atom is 0.352 e. The van der Waals surface area contributed by atoms with Gasteiger partial charge in [0.05, 0.1) is 6.20 Å². The first kappa shape index (κ1) is 22.6. The summed E-state index contributed by atoms with van der Waals surface area (Å²) in [5, 5.41) is 23.9. The summed E-state index contributed by atoms with van der Waals surface area (Å²) in [7, 11) is 0. The molecule has 172 valence electrons. The molecule has 0 saturated carbocycles. The van der Waals surface area contributed by atoms with E-state index in [4.69, 9.17) is 5.73 Å². The van der Waals surface area contributed by atoms with Crippen molar-refractivity contribution >= 4 is 51.9 Å². The third kappa shape index (κ3) is 4.23. The summed E-state index contributed by atoms with van der Waals surface area (Å²) in [6.07, 6.45) is 5.94. The summed E-state index contributed by atoms with van der Waals surface area (Å²) in [6, 6.07) is -0.994. The van der Waals surface area contributed by atoms with E-state index in [-0.39, 0.29) is 23.2 Å². The number of aliphatic carboxylic acids is 1. The molecule has 15 heteroatoms. The average Bonchev–Trinajstić information content (AvgIpc) is 3.23. The summed E-state index contributed by atoms with van der Waals surface area (Å²) in [4.78, 5) is 46.6. The molecular weight excluding hydrogens is 472 g/mol. The van der Waals surface area contributed by atoms with Gasteiger partial charge in [-0.1, -0.05) is 12.1 Å². The lowest BCUT2D eigenvalue weighted by Gasteiger charge is -2.49. The zero-order valence-electron chi connectivity index (χ0n) is 17.2. The Morgan fingerprint density at radius 1 is 1.45 bits per heavy atom. The van der Waals surface area contributed by atoms with Crippen LogP contribution >= 0.6 is 23.3 Å². The molecule has 2 amide bonds. The maximum atomic E-state index is 12.8. The quantitative estimate of drug-likeness (QED) is 0.123. The number of thioether (sulfide) groups is 1. The van der Waals surface area contributed by atoms with Gasteiger partial charge in [-0.3, -0.25) is 14.5 Å². The van der Waals surface area contributed by atoms with Gasteiger partial charge in [0, 0.05) is 22.9 Å². The number of hydrogen-bond donors (Lipinski definition) is 4. The number of nitrogen functional groups attached to an aromatic ring is 1. The Balaban J connectivity index is 1.53. The molecule has 0 bridgehead atoms. The van der Waals surface area contributed by atoms with Gasteiger partial charge in [0.15, 0.2) is 24.1 Å². The van der Waals surface area contributed by atoms with Crippen LogP contribution in [0.25, 0.3) is 0 Å². The number of carboxylic acid groups (broad SMARTS) is 1. The van der Waals surface area contributed by atoms with E-state index < -0.39 is 34.9 Å². The van der Waals surface area contributed by atoms with Crippen LogP contribution in [0.3, 0.4) is 0 Å². The van der Waals surface area contributed by atoms with Crippen LogP contribution in [0.1, 0.15) is 18.4 Å². The monoisotopic (exact) mass is 491 g/mol. The number of hydrogen-bond acceptors (Lipinski definition) is 11. The van der Waals surface area contributed by atoms with Gasteiger partial charge in [-0.15, -0.1) is 11.8 Å². The van der Waals surface area contributed by atoms with Crippen molar-refractivity contribution in [3.05, 3.63) is 41.4 Å². The molecule has 0 aliphatic carbocycles. The number of fused-ring (bicyclic) bond motifs is 1. The van der Waals surface area contributed by atoms with Crippen LogP contribution in [0.2, 0.25) is 0 Å². The van der Waals surface area contributed by atoms with E-state index in [9.17, 15) is 24.7 Å². The second-order valence-electron chi connectivity index (χ2n) is 7.10. The Hall–Kier alpha value is -3.59. The summed E-state index contributed by atoms with van der Waals surface area (Å²) in [5.41, 5.74) is 6.33. The number of carbonyl (C=O) groups is 3. The normalized spacial score (nSPS) is 20.3. The number of carboxylic acids is 1. The number of β-lactam (4-membered cyclic amide) rings is 1. The first-order valence-electron chi connectivity index (χ1n) is 9.70. The largest absolute Gasteiger partial charge is 0.477 e. The number of carbonyl (C=O) groups excluding carboxylic acids is 2. The summed E-state index contributed by atoms with van der Waals surface area (Å²) in [5.74, 6) is -2.50. The minimum atomic E-state index is -1.22. The molecule has 1 unspecified atom stereocenters. The molecule has 0 aromatic carbocycles. The van der Waals surface area contributed by atoms with Crippen molar-refractivity contribution in [1.29, 1.82) is 0 Å². The second-order valence-corrected chi connectivity index (χ2v) is 8.99. The lowest BCUT2D eigenvalue weighted by Crippen LogP contribution is -2.71. The lowest BCUT2D eigenvalue weighted by atomic mass is 10.0. The van der Waals surface area contributed by atoms with Gasteiger partial charge in [0.2, 0.25) is 11.5 Å². The molecule has 2 aromatic heterocycles. The van der Waals surface area contributed by atoms with Gasteiger partial charge < -0.3 is 21.4 Å². The van der Waals surface area contributed by atoms with E-state index in [2.05, 4.69) is 24.8 Å². The maximum absolute atomic E-state index is 12.8. The van der Waals surface area contributed by atoms with Crippen molar-refractivity contribution < 1.29 is 29.3 Å². The molecule has 1 fully saturated rings. The molecular formula is C18H19N8O5S2+. The Kier molecular flexibility index (Phi) is 6.24. The van der Waals surface area contributed by atoms with Crippen LogP contribution in [-0.2, 0) is 27.3 Å². The van der Waals surface area contributed by atoms with E-state index in [0.717, 1.165) is 23.6 Å². The summed E-state index contributed by atoms with van der Waals surface area (Å²) < 4.78 is 5.64. The van der Waals surface area contributed by atoms with Gasteiger partial charge >= 0.3 is 5.97 Å². The van der Waals surface area contributed by atoms with Crippen LogP contribution in [0.4, 0.5) is 5.13 Å². The van der Waals surface area contributed by atoms with Crippen LogP contribution in [-0.4, -0.2) is 70.2 Å². The van der Waals surface area contributed by atoms with E-state index in [1.165, 1.54) is 16.7 Å². The number of aromatic nitrogens is 4. The Labute approximate surface area is 195 Å². The fraction of sp³-hybridized carbons (Fsp3) is 0.333. The highest BCUT2D eigenvalue weighted by Crippen LogP contribution is 2.40. The molecule has 2 aliphatic rings. The molecule has 1 saturated heterocycles. The second kappa shape index (κ2) is 9.11. The Bertz CT molecular complexity index is 1200. The standard InChI is InChI=1S/C18H18N8O5S2/c1-2-9-6-25(4-3-20-9)5-8-7-32-16-11(15(28)26(16)12(8)17(29)30)21-14(27)10(23-31)13-22-18(19)33-24-13/h3-4,6,11,16H,2,5,7H2,1H3,(H4-,19,21,22,24,27,29,30,31)/p+1/t11?,16-/m0/s1. The minimum absolute atomic E-state index is 0.0783. The van der Waals surface area contributed by atoms with E-state index in [1.807, 2.05) is 17.7 Å². The topological polar surface area (TPSA) is 188 Å². The summed E-state index contributed by atoms with van der Waals surface area (Å²) >= 11 is 2.15. The fourth-order valence-corrected chi connectivity index (χ4v) is 5.29. The predicted octanol–water partition coefficient (Wildman–Crippen LogP) is -1.02. The highest BCUT2D eigenvalue weighted by atomic mass is 32.2. The summed E-state index contributed by atoms with van der Waals surface area (Å²) in [6.45, 7) is 2.26. The van der Waals surface area contributed by atoms with Gasteiger partial charge in [-0.2, -0.15) is 13.9 Å².